The van der Waals surface area contributed by atoms with Crippen molar-refractivity contribution in [2.24, 2.45) is 0 Å². The summed E-state index contributed by atoms with van der Waals surface area (Å²) in [7, 11) is 0. The van der Waals surface area contributed by atoms with Crippen molar-refractivity contribution in [2.45, 2.75) is 38.5 Å². The minimum Gasteiger partial charge on any atom is -0.493 e. The summed E-state index contributed by atoms with van der Waals surface area (Å²) in [5.74, 6) is 1.10. The highest BCUT2D eigenvalue weighted by Gasteiger charge is 2.33. The molecule has 0 aliphatic carbocycles. The van der Waals surface area contributed by atoms with E-state index in [-0.39, 0.29) is 11.7 Å². The van der Waals surface area contributed by atoms with E-state index in [0.717, 1.165) is 48.2 Å². The number of hydrogen-bond donors (Lipinski definition) is 0. The van der Waals surface area contributed by atoms with E-state index >= 15 is 0 Å². The summed E-state index contributed by atoms with van der Waals surface area (Å²) >= 11 is 7.18. The Bertz CT molecular complexity index is 533. The molecule has 1 aromatic rings. The molecule has 0 saturated carbocycles. The predicted octanol–water partition coefficient (Wildman–Crippen LogP) is 3.76. The van der Waals surface area contributed by atoms with Crippen LogP contribution in [-0.2, 0) is 17.7 Å². The smallest absolute Gasteiger partial charge is 0.127 e. The Labute approximate surface area is 143 Å². The molecule has 2 aliphatic rings. The van der Waals surface area contributed by atoms with Crippen LogP contribution in [0, 0.1) is 0 Å². The normalized spacial score (nSPS) is 24.7. The molecule has 0 amide bonds. The Morgan fingerprint density at radius 3 is 2.95 bits per heavy atom. The van der Waals surface area contributed by atoms with Gasteiger partial charge in [0.2, 0.25) is 0 Å². The molecule has 0 aromatic heterocycles. The molecule has 21 heavy (non-hydrogen) atoms. The fourth-order valence-electron chi connectivity index (χ4n) is 3.32. The molecule has 116 valence electrons. The Hall–Kier alpha value is -0.100. The van der Waals surface area contributed by atoms with E-state index in [9.17, 15) is 0 Å². The number of alkyl halides is 1. The molecule has 5 heteroatoms. The van der Waals surface area contributed by atoms with Gasteiger partial charge in [0.1, 0.15) is 5.75 Å². The highest BCUT2D eigenvalue weighted by Crippen LogP contribution is 2.34. The number of hydrogen-bond acceptors (Lipinski definition) is 3. The molecule has 1 atom stereocenters. The van der Waals surface area contributed by atoms with Gasteiger partial charge in [-0.15, -0.1) is 0 Å². The molecule has 2 aliphatic heterocycles. The van der Waals surface area contributed by atoms with E-state index in [0.29, 0.717) is 0 Å². The van der Waals surface area contributed by atoms with Gasteiger partial charge in [0.15, 0.2) is 0 Å². The second-order valence-electron chi connectivity index (χ2n) is 6.48. The maximum absolute atomic E-state index is 6.08. The monoisotopic (exact) mass is 417 g/mol. The van der Waals surface area contributed by atoms with E-state index in [4.69, 9.17) is 9.47 Å². The average Bonchev–Trinajstić information content (AvgIpc) is 2.84. The largest absolute Gasteiger partial charge is 0.493 e. The third-order valence-corrected chi connectivity index (χ3v) is 5.12. The molecule has 0 bridgehead atoms. The van der Waals surface area contributed by atoms with Crippen LogP contribution in [0.3, 0.4) is 0 Å². The van der Waals surface area contributed by atoms with Crippen LogP contribution in [-0.4, -0.2) is 41.6 Å². The van der Waals surface area contributed by atoms with Crippen molar-refractivity contribution in [1.29, 1.82) is 0 Å². The number of morpholine rings is 1. The average molecular weight is 419 g/mol. The Morgan fingerprint density at radius 1 is 1.38 bits per heavy atom. The first-order chi connectivity index (χ1) is 9.97. The highest BCUT2D eigenvalue weighted by molar-refractivity contribution is 9.10. The van der Waals surface area contributed by atoms with Crippen LogP contribution in [0.2, 0.25) is 0 Å². The third-order valence-electron chi connectivity index (χ3n) is 3.94. The van der Waals surface area contributed by atoms with Gasteiger partial charge in [-0.25, -0.2) is 0 Å². The van der Waals surface area contributed by atoms with Crippen LogP contribution in [0.15, 0.2) is 16.6 Å². The highest BCUT2D eigenvalue weighted by atomic mass is 79.9. The standard InChI is InChI=1S/C16H21Br2NO2/c1-16(2)10-19(9-14(7-17)21-16)8-12-6-13(18)5-11-3-4-20-15(11)12/h5-6,14H,3-4,7-10H2,1-2H3. The van der Waals surface area contributed by atoms with Crippen molar-refractivity contribution >= 4 is 31.9 Å². The molecular formula is C16H21Br2NO2. The van der Waals surface area contributed by atoms with E-state index in [1.165, 1.54) is 11.1 Å². The number of halogens is 2. The maximum atomic E-state index is 6.08. The quantitative estimate of drug-likeness (QED) is 0.697. The van der Waals surface area contributed by atoms with Gasteiger partial charge in [0, 0.05) is 41.4 Å². The lowest BCUT2D eigenvalue weighted by atomic mass is 10.0. The van der Waals surface area contributed by atoms with Gasteiger partial charge >= 0.3 is 0 Å². The van der Waals surface area contributed by atoms with Gasteiger partial charge in [-0.1, -0.05) is 31.9 Å². The fraction of sp³-hybridized carbons (Fsp3) is 0.625. The van der Waals surface area contributed by atoms with Crippen LogP contribution in [0.4, 0.5) is 0 Å². The fourth-order valence-corrected chi connectivity index (χ4v) is 4.21. The summed E-state index contributed by atoms with van der Waals surface area (Å²) in [4.78, 5) is 2.47. The molecule has 3 rings (SSSR count). The summed E-state index contributed by atoms with van der Waals surface area (Å²) in [6, 6.07) is 4.37. The first-order valence-electron chi connectivity index (χ1n) is 7.37. The lowest BCUT2D eigenvalue weighted by Crippen LogP contribution is -2.52. The molecule has 0 N–H and O–H groups in total. The Morgan fingerprint density at radius 2 is 2.19 bits per heavy atom. The number of benzene rings is 1. The minimum atomic E-state index is -0.104. The molecule has 1 fully saturated rings. The molecule has 1 aromatic carbocycles. The van der Waals surface area contributed by atoms with Gasteiger partial charge < -0.3 is 9.47 Å². The lowest BCUT2D eigenvalue weighted by Gasteiger charge is -2.42. The van der Waals surface area contributed by atoms with Crippen LogP contribution < -0.4 is 4.74 Å². The number of fused-ring (bicyclic) bond motifs is 1. The van der Waals surface area contributed by atoms with Gasteiger partial charge in [-0.2, -0.15) is 0 Å². The van der Waals surface area contributed by atoms with Crippen molar-refractivity contribution < 1.29 is 9.47 Å². The molecule has 0 radical (unpaired) electrons. The van der Waals surface area contributed by atoms with Crippen molar-refractivity contribution in [1.82, 2.24) is 4.90 Å². The molecular weight excluding hydrogens is 398 g/mol. The molecule has 2 heterocycles. The van der Waals surface area contributed by atoms with Crippen molar-refractivity contribution in [3.8, 4) is 5.75 Å². The number of nitrogens with zero attached hydrogens (tertiary/aromatic N) is 1. The molecule has 0 spiro atoms. The summed E-state index contributed by atoms with van der Waals surface area (Å²) in [5.41, 5.74) is 2.50. The van der Waals surface area contributed by atoms with Crippen LogP contribution >= 0.6 is 31.9 Å². The first kappa shape index (κ1) is 15.8. The van der Waals surface area contributed by atoms with Crippen molar-refractivity contribution in [3.05, 3.63) is 27.7 Å². The second kappa shape index (κ2) is 6.19. The van der Waals surface area contributed by atoms with E-state index in [1.54, 1.807) is 0 Å². The summed E-state index contributed by atoms with van der Waals surface area (Å²) in [6.45, 7) is 7.94. The predicted molar refractivity (Wildman–Crippen MR) is 91.4 cm³/mol. The third kappa shape index (κ3) is 3.63. The number of ether oxygens (including phenoxy) is 2. The van der Waals surface area contributed by atoms with Gasteiger partial charge in [-0.05, 0) is 31.5 Å². The van der Waals surface area contributed by atoms with E-state index < -0.39 is 0 Å². The van der Waals surface area contributed by atoms with E-state index in [1.807, 2.05) is 0 Å². The zero-order valence-electron chi connectivity index (χ0n) is 12.5. The number of rotatable bonds is 3. The summed E-state index contributed by atoms with van der Waals surface area (Å²) in [5, 5.41) is 0.875. The SMILES string of the molecule is CC1(C)CN(Cc2cc(Br)cc3c2OCC3)CC(CBr)O1. The zero-order valence-corrected chi connectivity index (χ0v) is 15.7. The zero-order chi connectivity index (χ0) is 15.0. The Kier molecular flexibility index (Phi) is 4.65. The second-order valence-corrected chi connectivity index (χ2v) is 8.04. The van der Waals surface area contributed by atoms with Gasteiger partial charge in [0.05, 0.1) is 18.3 Å². The summed E-state index contributed by atoms with van der Waals surface area (Å²) in [6.07, 6.45) is 1.26. The van der Waals surface area contributed by atoms with Gasteiger partial charge in [-0.3, -0.25) is 4.90 Å². The molecule has 1 unspecified atom stereocenters. The first-order valence-corrected chi connectivity index (χ1v) is 9.28. The lowest BCUT2D eigenvalue weighted by molar-refractivity contribution is -0.128. The molecule has 1 saturated heterocycles. The molecule has 3 nitrogen and oxygen atoms in total. The Balaban J connectivity index is 1.80. The topological polar surface area (TPSA) is 21.7 Å². The van der Waals surface area contributed by atoms with Crippen LogP contribution in [0.5, 0.6) is 5.75 Å². The van der Waals surface area contributed by atoms with Crippen molar-refractivity contribution in [3.63, 3.8) is 0 Å². The van der Waals surface area contributed by atoms with Gasteiger partial charge in [0.25, 0.3) is 0 Å². The van der Waals surface area contributed by atoms with Crippen LogP contribution in [0.25, 0.3) is 0 Å². The van der Waals surface area contributed by atoms with Crippen molar-refractivity contribution in [2.75, 3.05) is 25.0 Å². The summed E-state index contributed by atoms with van der Waals surface area (Å²) < 4.78 is 13.1. The van der Waals surface area contributed by atoms with E-state index in [2.05, 4.69) is 62.7 Å². The van der Waals surface area contributed by atoms with Crippen LogP contribution in [0.1, 0.15) is 25.0 Å². The minimum absolute atomic E-state index is 0.104. The maximum Gasteiger partial charge on any atom is 0.127 e.